The molecule has 3 aromatic rings. The molecule has 11 heteroatoms. The number of piperazine rings is 1. The first-order chi connectivity index (χ1) is 17.7. The van der Waals surface area contributed by atoms with Crippen LogP contribution in [0.1, 0.15) is 31.2 Å². The lowest BCUT2D eigenvalue weighted by molar-refractivity contribution is 0.0937. The summed E-state index contributed by atoms with van der Waals surface area (Å²) in [5.41, 5.74) is 2.64. The van der Waals surface area contributed by atoms with Crippen LogP contribution in [0.3, 0.4) is 0 Å². The van der Waals surface area contributed by atoms with Crippen molar-refractivity contribution in [3.63, 3.8) is 0 Å². The van der Waals surface area contributed by atoms with Gasteiger partial charge in [-0.1, -0.05) is 31.1 Å². The first kappa shape index (κ1) is 25.4. The highest BCUT2D eigenvalue weighted by atomic mass is 32.2. The van der Waals surface area contributed by atoms with Gasteiger partial charge in [0.05, 0.1) is 11.4 Å². The number of aryl methyl sites for hydroxylation is 1. The van der Waals surface area contributed by atoms with E-state index in [4.69, 9.17) is 9.26 Å². The van der Waals surface area contributed by atoms with Gasteiger partial charge in [0.15, 0.2) is 0 Å². The highest BCUT2D eigenvalue weighted by molar-refractivity contribution is 7.89. The van der Waals surface area contributed by atoms with E-state index < -0.39 is 10.0 Å². The van der Waals surface area contributed by atoms with E-state index in [1.54, 1.807) is 24.0 Å². The van der Waals surface area contributed by atoms with Crippen molar-refractivity contribution in [1.29, 1.82) is 0 Å². The molecule has 5 rings (SSSR count). The molecule has 1 unspecified atom stereocenters. The molecule has 2 fully saturated rings. The summed E-state index contributed by atoms with van der Waals surface area (Å²) in [5.74, 6) is 1.34. The number of anilines is 1. The second-order valence-corrected chi connectivity index (χ2v) is 11.7. The van der Waals surface area contributed by atoms with Gasteiger partial charge in [0.2, 0.25) is 21.7 Å². The zero-order valence-corrected chi connectivity index (χ0v) is 22.0. The maximum atomic E-state index is 13.1. The third-order valence-corrected chi connectivity index (χ3v) is 8.73. The van der Waals surface area contributed by atoms with Crippen LogP contribution in [0.15, 0.2) is 57.9 Å². The second kappa shape index (κ2) is 10.2. The number of cyclic esters (lactones) is 1. The van der Waals surface area contributed by atoms with Gasteiger partial charge in [-0.3, -0.25) is 9.80 Å². The van der Waals surface area contributed by atoms with Crippen LogP contribution in [0.4, 0.5) is 10.5 Å². The molecule has 2 aromatic carbocycles. The van der Waals surface area contributed by atoms with Crippen LogP contribution in [0.2, 0.25) is 0 Å². The Morgan fingerprint density at radius 1 is 1.00 bits per heavy atom. The number of aromatic nitrogens is 2. The summed E-state index contributed by atoms with van der Waals surface area (Å²) < 4.78 is 38.4. The quantitative estimate of drug-likeness (QED) is 0.461. The number of amides is 1. The molecule has 2 aliphatic heterocycles. The fraction of sp³-hybridized carbons (Fsp3) is 0.423. The summed E-state index contributed by atoms with van der Waals surface area (Å²) in [6.45, 7) is 8.84. The van der Waals surface area contributed by atoms with Crippen molar-refractivity contribution in [2.24, 2.45) is 0 Å². The summed E-state index contributed by atoms with van der Waals surface area (Å²) in [6.07, 6.45) is -0.682. The minimum absolute atomic E-state index is 0.293. The number of rotatable bonds is 7. The Kier molecular flexibility index (Phi) is 7.02. The van der Waals surface area contributed by atoms with Crippen molar-refractivity contribution in [2.75, 3.05) is 44.2 Å². The number of carbonyl (C=O) groups is 1. The molecule has 1 aromatic heterocycles. The largest absolute Gasteiger partial charge is 0.443 e. The van der Waals surface area contributed by atoms with Gasteiger partial charge in [-0.2, -0.15) is 9.29 Å². The first-order valence-corrected chi connectivity index (χ1v) is 13.9. The van der Waals surface area contributed by atoms with Crippen molar-refractivity contribution >= 4 is 21.8 Å². The number of nitrogens with zero attached hydrogens (tertiary/aromatic N) is 5. The average Bonchev–Trinajstić information content (AvgIpc) is 3.49. The van der Waals surface area contributed by atoms with E-state index in [-0.39, 0.29) is 12.2 Å². The van der Waals surface area contributed by atoms with Crippen LogP contribution in [0, 0.1) is 6.92 Å². The molecule has 0 N–H and O–H groups in total. The fourth-order valence-electron chi connectivity index (χ4n) is 4.65. The lowest BCUT2D eigenvalue weighted by atomic mass is 10.0. The molecule has 3 heterocycles. The third-order valence-electron chi connectivity index (χ3n) is 6.82. The minimum Gasteiger partial charge on any atom is -0.443 e. The first-order valence-electron chi connectivity index (χ1n) is 12.4. The predicted octanol–water partition coefficient (Wildman–Crippen LogP) is 3.50. The Labute approximate surface area is 216 Å². The van der Waals surface area contributed by atoms with Crippen LogP contribution in [-0.2, 0) is 14.8 Å². The molecule has 0 aliphatic carbocycles. The average molecular weight is 526 g/mol. The Morgan fingerprint density at radius 3 is 2.27 bits per heavy atom. The zero-order chi connectivity index (χ0) is 26.2. The van der Waals surface area contributed by atoms with Gasteiger partial charge in [0.25, 0.3) is 0 Å². The second-order valence-electron chi connectivity index (χ2n) is 9.73. The summed E-state index contributed by atoms with van der Waals surface area (Å²) in [6, 6.07) is 14.5. The van der Waals surface area contributed by atoms with E-state index in [2.05, 4.69) is 28.9 Å². The van der Waals surface area contributed by atoms with E-state index >= 15 is 0 Å². The highest BCUT2D eigenvalue weighted by Crippen LogP contribution is 2.26. The summed E-state index contributed by atoms with van der Waals surface area (Å²) in [7, 11) is -3.53. The smallest absolute Gasteiger partial charge is 0.414 e. The van der Waals surface area contributed by atoms with E-state index in [9.17, 15) is 13.2 Å². The van der Waals surface area contributed by atoms with Crippen molar-refractivity contribution in [3.05, 3.63) is 60.0 Å². The molecule has 1 atom stereocenters. The number of benzene rings is 2. The lowest BCUT2D eigenvalue weighted by Gasteiger charge is -2.34. The maximum absolute atomic E-state index is 13.1. The Morgan fingerprint density at radius 2 is 1.68 bits per heavy atom. The molecule has 10 nitrogen and oxygen atoms in total. The molecule has 0 spiro atoms. The summed E-state index contributed by atoms with van der Waals surface area (Å²) in [4.78, 5) is 20.9. The number of ether oxygens (including phenoxy) is 1. The Hall–Kier alpha value is -3.28. The van der Waals surface area contributed by atoms with Crippen molar-refractivity contribution in [1.82, 2.24) is 19.3 Å². The lowest BCUT2D eigenvalue weighted by Crippen LogP contribution is -2.50. The third kappa shape index (κ3) is 5.39. The van der Waals surface area contributed by atoms with E-state index in [0.717, 1.165) is 16.8 Å². The predicted molar refractivity (Wildman–Crippen MR) is 138 cm³/mol. The van der Waals surface area contributed by atoms with Crippen LogP contribution in [0.25, 0.3) is 11.4 Å². The highest BCUT2D eigenvalue weighted by Gasteiger charge is 2.35. The molecule has 1 amide bonds. The molecular weight excluding hydrogens is 494 g/mol. The Balaban J connectivity index is 1.15. The monoisotopic (exact) mass is 525 g/mol. The molecule has 37 heavy (non-hydrogen) atoms. The van der Waals surface area contributed by atoms with Gasteiger partial charge in [-0.15, -0.1) is 0 Å². The van der Waals surface area contributed by atoms with Crippen LogP contribution in [-0.4, -0.2) is 79.2 Å². The molecule has 196 valence electrons. The van der Waals surface area contributed by atoms with Crippen molar-refractivity contribution < 1.29 is 22.5 Å². The van der Waals surface area contributed by atoms with Gasteiger partial charge in [-0.05, 0) is 47.9 Å². The van der Waals surface area contributed by atoms with Crippen molar-refractivity contribution in [3.8, 4) is 11.4 Å². The number of hydrogen-bond donors (Lipinski definition) is 0. The minimum atomic E-state index is -3.53. The number of carbonyl (C=O) groups excluding carboxylic acids is 1. The van der Waals surface area contributed by atoms with Gasteiger partial charge >= 0.3 is 6.09 Å². The maximum Gasteiger partial charge on any atom is 0.414 e. The molecule has 0 saturated carbocycles. The van der Waals surface area contributed by atoms with Gasteiger partial charge in [-0.25, -0.2) is 13.2 Å². The van der Waals surface area contributed by atoms with Gasteiger partial charge < -0.3 is 9.26 Å². The van der Waals surface area contributed by atoms with Gasteiger partial charge in [0, 0.05) is 50.9 Å². The van der Waals surface area contributed by atoms with E-state index in [0.29, 0.717) is 61.8 Å². The van der Waals surface area contributed by atoms with E-state index in [1.807, 2.05) is 36.4 Å². The number of hydrogen-bond acceptors (Lipinski definition) is 8. The molecular formula is C26H31N5O5S. The molecule has 2 aliphatic rings. The molecule has 0 radical (unpaired) electrons. The zero-order valence-electron chi connectivity index (χ0n) is 21.2. The van der Waals surface area contributed by atoms with Crippen LogP contribution in [0.5, 0.6) is 0 Å². The van der Waals surface area contributed by atoms with Crippen molar-refractivity contribution in [2.45, 2.75) is 37.7 Å². The number of sulfonamides is 1. The van der Waals surface area contributed by atoms with Gasteiger partial charge in [0.1, 0.15) is 6.10 Å². The summed E-state index contributed by atoms with van der Waals surface area (Å²) in [5, 5.41) is 3.91. The fourth-order valence-corrected chi connectivity index (χ4v) is 6.07. The van der Waals surface area contributed by atoms with Crippen LogP contribution >= 0.6 is 0 Å². The Bertz CT molecular complexity index is 1350. The molecule has 2 saturated heterocycles. The molecule has 0 bridgehead atoms. The SMILES string of the molecule is Cc1nc(-c2ccc(N3CC(CN4CCN(S(=O)(=O)c5ccc(C(C)C)cc5)CC4)OC3=O)cc2)no1. The topological polar surface area (TPSA) is 109 Å². The summed E-state index contributed by atoms with van der Waals surface area (Å²) >= 11 is 0. The van der Waals surface area contributed by atoms with Crippen LogP contribution < -0.4 is 4.90 Å². The normalized spacial score (nSPS) is 19.5. The standard InChI is InChI=1S/C26H31N5O5S/c1-18(2)20-6-10-24(11-7-20)37(33,34)30-14-12-29(13-15-30)16-23-17-31(26(32)35-23)22-8-4-21(5-9-22)25-27-19(3)36-28-25/h4-11,18,23H,12-17H2,1-3H3. The van der Waals surface area contributed by atoms with E-state index in [1.165, 1.54) is 4.31 Å².